The molecule has 0 aromatic heterocycles. The largest absolute Gasteiger partial charge is 0.465 e. The van der Waals surface area contributed by atoms with Crippen molar-refractivity contribution >= 4 is 5.97 Å². The Morgan fingerprint density at radius 1 is 1.71 bits per heavy atom. The molecule has 0 amide bonds. The summed E-state index contributed by atoms with van der Waals surface area (Å²) < 4.78 is 4.75. The van der Waals surface area contributed by atoms with Crippen LogP contribution in [0.3, 0.4) is 0 Å². The molecule has 1 N–H and O–H groups in total. The second-order valence-corrected chi connectivity index (χ2v) is 3.43. The van der Waals surface area contributed by atoms with Crippen LogP contribution in [0, 0.1) is 17.8 Å². The molecule has 0 unspecified atom stereocenters. The lowest BCUT2D eigenvalue weighted by molar-refractivity contribution is -0.143. The summed E-state index contributed by atoms with van der Waals surface area (Å²) in [6, 6.07) is 0. The Kier molecular flexibility index (Phi) is 4.48. The fourth-order valence-corrected chi connectivity index (χ4v) is 1.34. The average Bonchev–Trinajstić information content (AvgIpc) is 2.59. The van der Waals surface area contributed by atoms with E-state index in [1.54, 1.807) is 0 Å². The summed E-state index contributed by atoms with van der Waals surface area (Å²) in [5.41, 5.74) is 0. The third-order valence-corrected chi connectivity index (χ3v) is 2.26. The van der Waals surface area contributed by atoms with Gasteiger partial charge in [0.15, 0.2) is 0 Å². The summed E-state index contributed by atoms with van der Waals surface area (Å²) in [6.45, 7) is 2.50. The molecule has 1 aliphatic rings. The molecule has 1 fully saturated rings. The maximum absolute atomic E-state index is 11.1. The highest BCUT2D eigenvalue weighted by Gasteiger charge is 2.31. The molecule has 3 nitrogen and oxygen atoms in total. The first-order valence-corrected chi connectivity index (χ1v) is 5.08. The molecular formula is C11H16O3. The number of hydrogen-bond acceptors (Lipinski definition) is 3. The zero-order valence-corrected chi connectivity index (χ0v) is 8.45. The van der Waals surface area contributed by atoms with Gasteiger partial charge in [0, 0.05) is 6.42 Å². The van der Waals surface area contributed by atoms with Crippen LogP contribution in [0.1, 0.15) is 32.6 Å². The van der Waals surface area contributed by atoms with Crippen molar-refractivity contribution < 1.29 is 14.6 Å². The maximum atomic E-state index is 11.1. The number of carbonyl (C=O) groups is 1. The van der Waals surface area contributed by atoms with Crippen LogP contribution in [0.25, 0.3) is 0 Å². The number of carbonyl (C=O) groups excluding carboxylic acids is 1. The standard InChI is InChI=1S/C11H16O3/c1-2-3-4-5-6-10(12)9-7-8-14-11(9)13/h9-10,12H,2-4,7-8H2,1H3/t9-,10-/m0/s1. The number of ether oxygens (including phenoxy) is 1. The fraction of sp³-hybridized carbons (Fsp3) is 0.727. The number of cyclic esters (lactones) is 1. The molecule has 78 valence electrons. The lowest BCUT2D eigenvalue weighted by Crippen LogP contribution is -2.22. The minimum absolute atomic E-state index is 0.317. The van der Waals surface area contributed by atoms with Crippen molar-refractivity contribution in [3.63, 3.8) is 0 Å². The SMILES string of the molecule is CCCCC#C[C@H](O)[C@@H]1CCOC1=O. The molecule has 14 heavy (non-hydrogen) atoms. The summed E-state index contributed by atoms with van der Waals surface area (Å²) in [7, 11) is 0. The molecule has 2 atom stereocenters. The molecule has 0 aromatic carbocycles. The first-order chi connectivity index (χ1) is 6.75. The Morgan fingerprint density at radius 3 is 3.07 bits per heavy atom. The van der Waals surface area contributed by atoms with Crippen molar-refractivity contribution in [3.05, 3.63) is 0 Å². The van der Waals surface area contributed by atoms with Gasteiger partial charge >= 0.3 is 5.97 Å². The Bertz CT molecular complexity index is 249. The Morgan fingerprint density at radius 2 is 2.50 bits per heavy atom. The molecule has 1 aliphatic heterocycles. The topological polar surface area (TPSA) is 46.5 Å². The van der Waals surface area contributed by atoms with Gasteiger partial charge in [0.2, 0.25) is 0 Å². The number of unbranched alkanes of at least 4 members (excludes halogenated alkanes) is 2. The quantitative estimate of drug-likeness (QED) is 0.418. The smallest absolute Gasteiger partial charge is 0.312 e. The van der Waals surface area contributed by atoms with Crippen LogP contribution in [-0.2, 0) is 9.53 Å². The van der Waals surface area contributed by atoms with Crippen LogP contribution >= 0.6 is 0 Å². The van der Waals surface area contributed by atoms with Crippen LogP contribution in [0.2, 0.25) is 0 Å². The van der Waals surface area contributed by atoms with E-state index in [1.807, 2.05) is 0 Å². The van der Waals surface area contributed by atoms with Gasteiger partial charge in [-0.3, -0.25) is 4.79 Å². The Balaban J connectivity index is 2.35. The third-order valence-electron chi connectivity index (χ3n) is 2.26. The highest BCUT2D eigenvalue weighted by atomic mass is 16.5. The van der Waals surface area contributed by atoms with E-state index in [0.717, 1.165) is 19.3 Å². The van der Waals surface area contributed by atoms with Gasteiger partial charge in [-0.1, -0.05) is 19.3 Å². The van der Waals surface area contributed by atoms with E-state index in [9.17, 15) is 9.90 Å². The summed E-state index contributed by atoms with van der Waals surface area (Å²) in [5.74, 6) is 4.83. The predicted octanol–water partition coefficient (Wildman–Crippen LogP) is 1.10. The highest BCUT2D eigenvalue weighted by molar-refractivity contribution is 5.75. The van der Waals surface area contributed by atoms with Gasteiger partial charge in [0.1, 0.15) is 6.10 Å². The summed E-state index contributed by atoms with van der Waals surface area (Å²) >= 11 is 0. The van der Waals surface area contributed by atoms with Crippen molar-refractivity contribution in [1.29, 1.82) is 0 Å². The van der Waals surface area contributed by atoms with Crippen molar-refractivity contribution in [3.8, 4) is 11.8 Å². The molecule has 1 saturated heterocycles. The molecule has 1 rings (SSSR count). The first-order valence-electron chi connectivity index (χ1n) is 5.08. The van der Waals surface area contributed by atoms with E-state index in [1.165, 1.54) is 0 Å². The zero-order chi connectivity index (χ0) is 10.4. The van der Waals surface area contributed by atoms with Gasteiger partial charge in [0.25, 0.3) is 0 Å². The highest BCUT2D eigenvalue weighted by Crippen LogP contribution is 2.17. The van der Waals surface area contributed by atoms with Crippen LogP contribution in [-0.4, -0.2) is 23.8 Å². The van der Waals surface area contributed by atoms with E-state index in [-0.39, 0.29) is 5.97 Å². The molecule has 0 aromatic rings. The number of aliphatic hydroxyl groups is 1. The number of aliphatic hydroxyl groups excluding tert-OH is 1. The molecule has 0 bridgehead atoms. The van der Waals surface area contributed by atoms with E-state index in [0.29, 0.717) is 13.0 Å². The second-order valence-electron chi connectivity index (χ2n) is 3.43. The monoisotopic (exact) mass is 196 g/mol. The van der Waals surface area contributed by atoms with E-state index in [2.05, 4.69) is 18.8 Å². The molecule has 1 heterocycles. The maximum Gasteiger partial charge on any atom is 0.312 e. The van der Waals surface area contributed by atoms with E-state index < -0.39 is 12.0 Å². The second kappa shape index (κ2) is 5.66. The summed E-state index contributed by atoms with van der Waals surface area (Å²) in [4.78, 5) is 11.1. The normalized spacial score (nSPS) is 22.4. The number of esters is 1. The van der Waals surface area contributed by atoms with Crippen LogP contribution in [0.4, 0.5) is 0 Å². The predicted molar refractivity (Wildman–Crippen MR) is 52.4 cm³/mol. The molecule has 0 aliphatic carbocycles. The minimum atomic E-state index is -0.846. The van der Waals surface area contributed by atoms with E-state index in [4.69, 9.17) is 4.74 Å². The first kappa shape index (κ1) is 11.1. The molecule has 0 radical (unpaired) electrons. The average molecular weight is 196 g/mol. The van der Waals surface area contributed by atoms with Crippen molar-refractivity contribution in [1.82, 2.24) is 0 Å². The molecule has 0 spiro atoms. The van der Waals surface area contributed by atoms with Gasteiger partial charge in [-0.25, -0.2) is 0 Å². The van der Waals surface area contributed by atoms with Crippen LogP contribution in [0.5, 0.6) is 0 Å². The van der Waals surface area contributed by atoms with Gasteiger partial charge in [-0.2, -0.15) is 0 Å². The Labute approximate surface area is 84.5 Å². The van der Waals surface area contributed by atoms with Gasteiger partial charge in [-0.05, 0) is 12.8 Å². The van der Waals surface area contributed by atoms with Crippen molar-refractivity contribution in [2.24, 2.45) is 5.92 Å². The number of rotatable bonds is 3. The zero-order valence-electron chi connectivity index (χ0n) is 8.45. The lowest BCUT2D eigenvalue weighted by atomic mass is 10.0. The van der Waals surface area contributed by atoms with Crippen molar-refractivity contribution in [2.75, 3.05) is 6.61 Å². The van der Waals surface area contributed by atoms with Crippen molar-refractivity contribution in [2.45, 2.75) is 38.7 Å². The summed E-state index contributed by atoms with van der Waals surface area (Å²) in [6.07, 6.45) is 2.66. The van der Waals surface area contributed by atoms with E-state index >= 15 is 0 Å². The molecule has 3 heteroatoms. The van der Waals surface area contributed by atoms with Gasteiger partial charge in [-0.15, -0.1) is 5.92 Å². The lowest BCUT2D eigenvalue weighted by Gasteiger charge is -2.06. The van der Waals surface area contributed by atoms with Gasteiger partial charge < -0.3 is 9.84 Å². The van der Waals surface area contributed by atoms with Gasteiger partial charge in [0.05, 0.1) is 12.5 Å². The third kappa shape index (κ3) is 3.04. The molecular weight excluding hydrogens is 180 g/mol. The fourth-order valence-electron chi connectivity index (χ4n) is 1.34. The van der Waals surface area contributed by atoms with Crippen LogP contribution < -0.4 is 0 Å². The Hall–Kier alpha value is -1.01. The minimum Gasteiger partial charge on any atom is -0.465 e. The number of hydrogen-bond donors (Lipinski definition) is 1. The molecule has 0 saturated carbocycles. The van der Waals surface area contributed by atoms with Crippen LogP contribution in [0.15, 0.2) is 0 Å². The summed E-state index contributed by atoms with van der Waals surface area (Å²) in [5, 5.41) is 9.54.